The summed E-state index contributed by atoms with van der Waals surface area (Å²) < 4.78 is 10.5. The maximum Gasteiger partial charge on any atom is 0.407 e. The van der Waals surface area contributed by atoms with E-state index in [2.05, 4.69) is 11.9 Å². The minimum atomic E-state index is -0.569. The Morgan fingerprint density at radius 2 is 1.93 bits per heavy atom. The number of ether oxygens (including phenoxy) is 2. The van der Waals surface area contributed by atoms with Gasteiger partial charge < -0.3 is 19.7 Å². The van der Waals surface area contributed by atoms with Crippen LogP contribution in [0.3, 0.4) is 0 Å². The van der Waals surface area contributed by atoms with Crippen LogP contribution in [-0.4, -0.2) is 62.3 Å². The summed E-state index contributed by atoms with van der Waals surface area (Å²) in [6, 6.07) is 7.95. The summed E-state index contributed by atoms with van der Waals surface area (Å²) in [6.45, 7) is 13.0. The number of hydrogen-bond donors (Lipinski definition) is 1. The van der Waals surface area contributed by atoms with Crippen LogP contribution >= 0.6 is 11.8 Å². The van der Waals surface area contributed by atoms with Gasteiger partial charge in [0.25, 0.3) is 0 Å². The van der Waals surface area contributed by atoms with Crippen LogP contribution in [0.15, 0.2) is 30.8 Å². The highest BCUT2D eigenvalue weighted by atomic mass is 32.2. The van der Waals surface area contributed by atoms with E-state index < -0.39 is 11.6 Å². The highest BCUT2D eigenvalue weighted by Gasteiger charge is 2.24. The van der Waals surface area contributed by atoms with Crippen LogP contribution in [0.4, 0.5) is 4.79 Å². The van der Waals surface area contributed by atoms with Gasteiger partial charge in [0.05, 0.1) is 11.5 Å². The zero-order valence-corrected chi connectivity index (χ0v) is 19.9. The molecule has 6 nitrogen and oxygen atoms in total. The minimum absolute atomic E-state index is 0.189. The van der Waals surface area contributed by atoms with Crippen molar-refractivity contribution < 1.29 is 19.1 Å². The molecular formula is C23H36N2O4S. The number of esters is 1. The molecule has 1 unspecified atom stereocenters. The average molecular weight is 437 g/mol. The Morgan fingerprint density at radius 3 is 2.57 bits per heavy atom. The Bertz CT molecular complexity index is 719. The largest absolute Gasteiger partial charge is 0.464 e. The normalized spacial score (nSPS) is 12.4. The van der Waals surface area contributed by atoms with Gasteiger partial charge in [0.15, 0.2) is 0 Å². The SMILES string of the molecule is C=C(C)c1cccc(C(C)(C)NC(=O)OCCSCC(C)C(=O)OCCN(C)C)c1. The summed E-state index contributed by atoms with van der Waals surface area (Å²) >= 11 is 1.56. The Kier molecular flexibility index (Phi) is 11.0. The number of nitrogens with one attached hydrogen (secondary N) is 1. The molecule has 30 heavy (non-hydrogen) atoms. The van der Waals surface area contributed by atoms with Crippen molar-refractivity contribution in [3.05, 3.63) is 42.0 Å². The summed E-state index contributed by atoms with van der Waals surface area (Å²) in [7, 11) is 3.87. The fraction of sp³-hybridized carbons (Fsp3) is 0.565. The molecule has 0 spiro atoms. The maximum atomic E-state index is 12.2. The zero-order chi connectivity index (χ0) is 22.7. The molecule has 1 atom stereocenters. The van der Waals surface area contributed by atoms with Gasteiger partial charge in [0.1, 0.15) is 13.2 Å². The van der Waals surface area contributed by atoms with E-state index in [0.29, 0.717) is 24.7 Å². The van der Waals surface area contributed by atoms with Crippen LogP contribution in [0.25, 0.3) is 5.57 Å². The molecule has 0 fully saturated rings. The zero-order valence-electron chi connectivity index (χ0n) is 19.1. The van der Waals surface area contributed by atoms with Gasteiger partial charge in [0, 0.05) is 18.1 Å². The summed E-state index contributed by atoms with van der Waals surface area (Å²) in [6.07, 6.45) is -0.461. The number of carbonyl (C=O) groups is 2. The second-order valence-corrected chi connectivity index (χ2v) is 9.34. The van der Waals surface area contributed by atoms with Crippen molar-refractivity contribution >= 4 is 29.4 Å². The van der Waals surface area contributed by atoms with Gasteiger partial charge in [0.2, 0.25) is 0 Å². The number of alkyl carbamates (subject to hydrolysis) is 1. The van der Waals surface area contributed by atoms with Crippen molar-refractivity contribution in [1.29, 1.82) is 0 Å². The molecule has 0 aromatic heterocycles. The molecular weight excluding hydrogens is 400 g/mol. The number of allylic oxidation sites excluding steroid dienone is 1. The summed E-state index contributed by atoms with van der Waals surface area (Å²) in [5, 5.41) is 2.91. The van der Waals surface area contributed by atoms with Crippen LogP contribution in [-0.2, 0) is 19.8 Å². The summed E-state index contributed by atoms with van der Waals surface area (Å²) in [5.74, 6) is 0.867. The number of amides is 1. The Balaban J connectivity index is 2.32. The lowest BCUT2D eigenvalue weighted by atomic mass is 9.92. The second-order valence-electron chi connectivity index (χ2n) is 8.19. The lowest BCUT2D eigenvalue weighted by molar-refractivity contribution is -0.147. The molecule has 0 aliphatic heterocycles. The monoisotopic (exact) mass is 436 g/mol. The van der Waals surface area contributed by atoms with E-state index >= 15 is 0 Å². The second kappa shape index (κ2) is 12.6. The molecule has 168 valence electrons. The van der Waals surface area contributed by atoms with Crippen LogP contribution in [0.1, 0.15) is 38.8 Å². The van der Waals surface area contributed by atoms with Gasteiger partial charge in [-0.1, -0.05) is 37.3 Å². The molecule has 0 bridgehead atoms. The van der Waals surface area contributed by atoms with E-state index in [0.717, 1.165) is 16.7 Å². The third-order valence-corrected chi connectivity index (χ3v) is 5.70. The summed E-state index contributed by atoms with van der Waals surface area (Å²) in [4.78, 5) is 26.1. The Morgan fingerprint density at radius 1 is 1.23 bits per heavy atom. The van der Waals surface area contributed by atoms with Crippen LogP contribution in [0.2, 0.25) is 0 Å². The van der Waals surface area contributed by atoms with Crippen molar-refractivity contribution in [2.24, 2.45) is 5.92 Å². The fourth-order valence-electron chi connectivity index (χ4n) is 2.53. The third kappa shape index (κ3) is 9.67. The Hall–Kier alpha value is -1.99. The molecule has 1 aromatic carbocycles. The number of benzene rings is 1. The van der Waals surface area contributed by atoms with Gasteiger partial charge in [-0.05, 0) is 52.1 Å². The number of thioether (sulfide) groups is 1. The van der Waals surface area contributed by atoms with Crippen molar-refractivity contribution in [2.75, 3.05) is 45.4 Å². The average Bonchev–Trinajstić information content (AvgIpc) is 2.66. The molecule has 1 aromatic rings. The molecule has 0 radical (unpaired) electrons. The topological polar surface area (TPSA) is 67.9 Å². The van der Waals surface area contributed by atoms with Crippen molar-refractivity contribution in [1.82, 2.24) is 10.2 Å². The smallest absolute Gasteiger partial charge is 0.407 e. The lowest BCUT2D eigenvalue weighted by Gasteiger charge is -2.27. The highest BCUT2D eigenvalue weighted by Crippen LogP contribution is 2.23. The van der Waals surface area contributed by atoms with Crippen molar-refractivity contribution in [3.63, 3.8) is 0 Å². The molecule has 0 aliphatic rings. The van der Waals surface area contributed by atoms with Crippen LogP contribution in [0.5, 0.6) is 0 Å². The molecule has 1 amide bonds. The van der Waals surface area contributed by atoms with E-state index in [9.17, 15) is 9.59 Å². The first-order chi connectivity index (χ1) is 14.0. The van der Waals surface area contributed by atoms with E-state index in [1.54, 1.807) is 11.8 Å². The van der Waals surface area contributed by atoms with Crippen LogP contribution < -0.4 is 5.32 Å². The van der Waals surface area contributed by atoms with E-state index in [1.165, 1.54) is 0 Å². The Labute approximate surface area is 185 Å². The molecule has 0 heterocycles. The quantitative estimate of drug-likeness (QED) is 0.392. The summed E-state index contributed by atoms with van der Waals surface area (Å²) in [5.41, 5.74) is 2.43. The molecule has 0 aliphatic carbocycles. The highest BCUT2D eigenvalue weighted by molar-refractivity contribution is 7.99. The molecule has 1 N–H and O–H groups in total. The van der Waals surface area contributed by atoms with Gasteiger partial charge in [-0.15, -0.1) is 0 Å². The predicted molar refractivity (Wildman–Crippen MR) is 125 cm³/mol. The maximum absolute atomic E-state index is 12.2. The number of carbonyl (C=O) groups excluding carboxylic acids is 2. The van der Waals surface area contributed by atoms with E-state index in [4.69, 9.17) is 9.47 Å². The number of rotatable bonds is 12. The number of nitrogens with zero attached hydrogens (tertiary/aromatic N) is 1. The van der Waals surface area contributed by atoms with E-state index in [-0.39, 0.29) is 18.5 Å². The third-order valence-electron chi connectivity index (χ3n) is 4.51. The first kappa shape index (κ1) is 26.0. The standard InChI is InChI=1S/C23H36N2O4S/c1-17(2)19-9-8-10-20(15-19)23(4,5)24-22(27)29-13-14-30-16-18(3)21(26)28-12-11-25(6)7/h8-10,15,18H,1,11-14,16H2,2-7H3,(H,24,27). The number of hydrogen-bond acceptors (Lipinski definition) is 6. The number of likely N-dealkylation sites (N-methyl/N-ethyl adjacent to an activating group) is 1. The molecule has 1 rings (SSSR count). The minimum Gasteiger partial charge on any atom is -0.464 e. The first-order valence-corrected chi connectivity index (χ1v) is 11.3. The fourth-order valence-corrected chi connectivity index (χ4v) is 3.39. The lowest BCUT2D eigenvalue weighted by Crippen LogP contribution is -2.41. The molecule has 7 heteroatoms. The van der Waals surface area contributed by atoms with E-state index in [1.807, 2.05) is 71.0 Å². The van der Waals surface area contributed by atoms with Crippen molar-refractivity contribution in [3.8, 4) is 0 Å². The van der Waals surface area contributed by atoms with Gasteiger partial charge in [-0.2, -0.15) is 11.8 Å². The van der Waals surface area contributed by atoms with Gasteiger partial charge in [-0.25, -0.2) is 4.79 Å². The predicted octanol–water partition coefficient (Wildman–Crippen LogP) is 4.16. The van der Waals surface area contributed by atoms with Crippen LogP contribution in [0, 0.1) is 5.92 Å². The molecule has 0 saturated heterocycles. The van der Waals surface area contributed by atoms with Crippen molar-refractivity contribution in [2.45, 2.75) is 33.2 Å². The van der Waals surface area contributed by atoms with Gasteiger partial charge >= 0.3 is 12.1 Å². The molecule has 0 saturated carbocycles. The first-order valence-electron chi connectivity index (χ1n) is 10.1. The van der Waals surface area contributed by atoms with Gasteiger partial charge in [-0.3, -0.25) is 4.79 Å².